The third-order valence-corrected chi connectivity index (χ3v) is 3.00. The highest BCUT2D eigenvalue weighted by Crippen LogP contribution is 2.26. The van der Waals surface area contributed by atoms with Crippen LogP contribution >= 0.6 is 0 Å². The molecule has 0 radical (unpaired) electrons. The van der Waals surface area contributed by atoms with Gasteiger partial charge in [0.25, 0.3) is 0 Å². The van der Waals surface area contributed by atoms with Crippen LogP contribution < -0.4 is 5.32 Å². The fourth-order valence-electron chi connectivity index (χ4n) is 2.14. The maximum Gasteiger partial charge on any atom is 0.211 e. The van der Waals surface area contributed by atoms with Crippen molar-refractivity contribution >= 4 is 6.41 Å². The SMILES string of the molecule is O=CNC=CC1Cc2ccccc2CC1O. The van der Waals surface area contributed by atoms with Crippen molar-refractivity contribution < 1.29 is 9.90 Å². The molecule has 84 valence electrons. The van der Waals surface area contributed by atoms with E-state index in [-0.39, 0.29) is 12.0 Å². The highest BCUT2D eigenvalue weighted by Gasteiger charge is 2.24. The van der Waals surface area contributed by atoms with E-state index in [0.717, 1.165) is 6.42 Å². The Hall–Kier alpha value is -1.61. The maximum atomic E-state index is 10.1. The lowest BCUT2D eigenvalue weighted by Crippen LogP contribution is -2.28. The molecule has 0 aliphatic heterocycles. The Bertz CT molecular complexity index is 401. The van der Waals surface area contributed by atoms with E-state index >= 15 is 0 Å². The number of hydrogen-bond donors (Lipinski definition) is 2. The largest absolute Gasteiger partial charge is 0.392 e. The molecule has 2 N–H and O–H groups in total. The second-order valence-corrected chi connectivity index (χ2v) is 4.05. The van der Waals surface area contributed by atoms with Gasteiger partial charge in [0.15, 0.2) is 0 Å². The number of aliphatic hydroxyl groups excluding tert-OH is 1. The summed E-state index contributed by atoms with van der Waals surface area (Å²) in [6, 6.07) is 8.16. The Balaban J connectivity index is 2.11. The zero-order chi connectivity index (χ0) is 11.4. The highest BCUT2D eigenvalue weighted by molar-refractivity contribution is 5.47. The second-order valence-electron chi connectivity index (χ2n) is 4.05. The van der Waals surface area contributed by atoms with Crippen LogP contribution in [0.2, 0.25) is 0 Å². The first-order valence-corrected chi connectivity index (χ1v) is 5.42. The van der Waals surface area contributed by atoms with Crippen molar-refractivity contribution in [2.45, 2.75) is 18.9 Å². The highest BCUT2D eigenvalue weighted by atomic mass is 16.3. The number of aliphatic hydroxyl groups is 1. The molecule has 0 bridgehead atoms. The van der Waals surface area contributed by atoms with E-state index in [1.54, 1.807) is 6.20 Å². The van der Waals surface area contributed by atoms with Crippen LogP contribution in [-0.4, -0.2) is 17.6 Å². The van der Waals surface area contributed by atoms with Gasteiger partial charge in [0.2, 0.25) is 6.41 Å². The first-order chi connectivity index (χ1) is 7.81. The van der Waals surface area contributed by atoms with E-state index in [2.05, 4.69) is 17.4 Å². The number of carbonyl (C=O) groups is 1. The standard InChI is InChI=1S/C13H15NO2/c15-9-14-6-5-12-7-10-3-1-2-4-11(10)8-13(12)16/h1-6,9,12-13,16H,7-8H2,(H,14,15). The average Bonchev–Trinajstić information content (AvgIpc) is 2.30. The van der Waals surface area contributed by atoms with E-state index in [4.69, 9.17) is 0 Å². The molecule has 0 spiro atoms. The van der Waals surface area contributed by atoms with Crippen LogP contribution in [0.3, 0.4) is 0 Å². The van der Waals surface area contributed by atoms with Gasteiger partial charge in [-0.2, -0.15) is 0 Å². The van der Waals surface area contributed by atoms with Crippen molar-refractivity contribution in [3.05, 3.63) is 47.7 Å². The van der Waals surface area contributed by atoms with Gasteiger partial charge in [-0.05, 0) is 30.2 Å². The summed E-state index contributed by atoms with van der Waals surface area (Å²) in [6.07, 6.45) is 5.23. The molecular weight excluding hydrogens is 202 g/mol. The van der Waals surface area contributed by atoms with E-state index in [1.807, 2.05) is 18.2 Å². The normalized spacial score (nSPS) is 24.1. The van der Waals surface area contributed by atoms with Crippen LogP contribution in [0.1, 0.15) is 11.1 Å². The molecule has 1 aromatic carbocycles. The minimum atomic E-state index is -0.361. The molecule has 3 heteroatoms. The van der Waals surface area contributed by atoms with Crippen molar-refractivity contribution in [3.63, 3.8) is 0 Å². The summed E-state index contributed by atoms with van der Waals surface area (Å²) < 4.78 is 0. The second kappa shape index (κ2) is 4.94. The summed E-state index contributed by atoms with van der Waals surface area (Å²) in [5, 5.41) is 12.4. The molecule has 1 aliphatic rings. The zero-order valence-corrected chi connectivity index (χ0v) is 8.97. The average molecular weight is 217 g/mol. The lowest BCUT2D eigenvalue weighted by atomic mass is 9.82. The fraction of sp³-hybridized carbons (Fsp3) is 0.308. The molecule has 2 atom stereocenters. The quantitative estimate of drug-likeness (QED) is 0.743. The smallest absolute Gasteiger partial charge is 0.211 e. The van der Waals surface area contributed by atoms with E-state index < -0.39 is 0 Å². The van der Waals surface area contributed by atoms with Crippen molar-refractivity contribution in [2.24, 2.45) is 5.92 Å². The lowest BCUT2D eigenvalue weighted by Gasteiger charge is -2.27. The third-order valence-electron chi connectivity index (χ3n) is 3.00. The first-order valence-electron chi connectivity index (χ1n) is 5.42. The van der Waals surface area contributed by atoms with Crippen LogP contribution in [0.25, 0.3) is 0 Å². The predicted molar refractivity (Wildman–Crippen MR) is 61.7 cm³/mol. The van der Waals surface area contributed by atoms with E-state index in [0.29, 0.717) is 12.8 Å². The molecule has 2 unspecified atom stereocenters. The number of nitrogens with one attached hydrogen (secondary N) is 1. The molecule has 1 amide bonds. The maximum absolute atomic E-state index is 10.1. The van der Waals surface area contributed by atoms with Crippen LogP contribution in [-0.2, 0) is 17.6 Å². The summed E-state index contributed by atoms with van der Waals surface area (Å²) in [4.78, 5) is 10.1. The van der Waals surface area contributed by atoms with Crippen molar-refractivity contribution in [1.82, 2.24) is 5.32 Å². The molecule has 0 aromatic heterocycles. The number of carbonyl (C=O) groups excluding carboxylic acids is 1. The van der Waals surface area contributed by atoms with Gasteiger partial charge in [0.05, 0.1) is 6.10 Å². The Labute approximate surface area is 94.8 Å². The molecule has 16 heavy (non-hydrogen) atoms. The Morgan fingerprint density at radius 3 is 2.62 bits per heavy atom. The Morgan fingerprint density at radius 1 is 1.25 bits per heavy atom. The first kappa shape index (κ1) is 10.9. The molecule has 2 rings (SSSR count). The minimum absolute atomic E-state index is 0.0855. The Morgan fingerprint density at radius 2 is 1.94 bits per heavy atom. The molecule has 1 aliphatic carbocycles. The van der Waals surface area contributed by atoms with Gasteiger partial charge in [-0.3, -0.25) is 4.79 Å². The number of hydrogen-bond acceptors (Lipinski definition) is 2. The van der Waals surface area contributed by atoms with Crippen LogP contribution in [0.5, 0.6) is 0 Å². The Kier molecular flexibility index (Phi) is 3.37. The number of amides is 1. The van der Waals surface area contributed by atoms with Gasteiger partial charge in [-0.15, -0.1) is 0 Å². The summed E-state index contributed by atoms with van der Waals surface area (Å²) in [7, 11) is 0. The number of benzene rings is 1. The van der Waals surface area contributed by atoms with Gasteiger partial charge in [0.1, 0.15) is 0 Å². The topological polar surface area (TPSA) is 49.3 Å². The predicted octanol–water partition coefficient (Wildman–Crippen LogP) is 1.02. The lowest BCUT2D eigenvalue weighted by molar-refractivity contribution is -0.108. The molecular formula is C13H15NO2. The summed E-state index contributed by atoms with van der Waals surface area (Å²) in [5.41, 5.74) is 2.51. The van der Waals surface area contributed by atoms with Gasteiger partial charge < -0.3 is 10.4 Å². The molecule has 0 fully saturated rings. The minimum Gasteiger partial charge on any atom is -0.392 e. The summed E-state index contributed by atoms with van der Waals surface area (Å²) in [5.74, 6) is 0.0855. The van der Waals surface area contributed by atoms with Crippen molar-refractivity contribution in [3.8, 4) is 0 Å². The van der Waals surface area contributed by atoms with Crippen molar-refractivity contribution in [1.29, 1.82) is 0 Å². The summed E-state index contributed by atoms with van der Waals surface area (Å²) in [6.45, 7) is 0. The number of fused-ring (bicyclic) bond motifs is 1. The molecule has 0 heterocycles. The molecule has 0 saturated carbocycles. The van der Waals surface area contributed by atoms with Gasteiger partial charge in [-0.25, -0.2) is 0 Å². The summed E-state index contributed by atoms with van der Waals surface area (Å²) >= 11 is 0. The van der Waals surface area contributed by atoms with Crippen LogP contribution in [0.4, 0.5) is 0 Å². The third kappa shape index (κ3) is 2.31. The molecule has 3 nitrogen and oxygen atoms in total. The number of rotatable bonds is 3. The fourth-order valence-corrected chi connectivity index (χ4v) is 2.14. The van der Waals surface area contributed by atoms with Gasteiger partial charge in [-0.1, -0.05) is 30.3 Å². The van der Waals surface area contributed by atoms with Gasteiger partial charge in [0, 0.05) is 5.92 Å². The van der Waals surface area contributed by atoms with E-state index in [1.165, 1.54) is 11.1 Å². The zero-order valence-electron chi connectivity index (χ0n) is 8.97. The van der Waals surface area contributed by atoms with Crippen LogP contribution in [0.15, 0.2) is 36.5 Å². The van der Waals surface area contributed by atoms with Crippen LogP contribution in [0, 0.1) is 5.92 Å². The van der Waals surface area contributed by atoms with Crippen molar-refractivity contribution in [2.75, 3.05) is 0 Å². The molecule has 0 saturated heterocycles. The monoisotopic (exact) mass is 217 g/mol. The molecule has 1 aromatic rings. The van der Waals surface area contributed by atoms with E-state index in [9.17, 15) is 9.90 Å². The van der Waals surface area contributed by atoms with Gasteiger partial charge >= 0.3 is 0 Å².